The topological polar surface area (TPSA) is 173 Å². The predicted octanol–water partition coefficient (Wildman–Crippen LogP) is 2.41. The fourth-order valence-corrected chi connectivity index (χ4v) is 8.88. The SMILES string of the molecule is O=C(CCCC[C@@H]1SCC2NC(=O)NC21)NCCOCCOCCOCCOc1cc2c(c3oc(=O)c4c(c13)CCC4=O)[C@@H]1CCO[C@@H]1O2. The lowest BCUT2D eigenvalue weighted by atomic mass is 9.94. The van der Waals surface area contributed by atoms with Crippen molar-refractivity contribution in [2.75, 3.05) is 65.2 Å². The molecule has 5 atom stereocenters. The monoisotopic (exact) mass is 701 g/mol. The van der Waals surface area contributed by atoms with Crippen LogP contribution in [-0.2, 0) is 30.2 Å². The van der Waals surface area contributed by atoms with Gasteiger partial charge in [0.15, 0.2) is 5.78 Å². The summed E-state index contributed by atoms with van der Waals surface area (Å²) in [5, 5.41) is 9.92. The van der Waals surface area contributed by atoms with Gasteiger partial charge in [0.25, 0.3) is 0 Å². The quantitative estimate of drug-likeness (QED) is 0.118. The summed E-state index contributed by atoms with van der Waals surface area (Å²) in [6, 6.07) is 2.18. The van der Waals surface area contributed by atoms with Crippen molar-refractivity contribution < 1.29 is 47.2 Å². The lowest BCUT2D eigenvalue weighted by Crippen LogP contribution is -2.36. The minimum Gasteiger partial charge on any atom is -0.490 e. The molecular weight excluding hydrogens is 658 g/mol. The Morgan fingerprint density at radius 2 is 1.78 bits per heavy atom. The summed E-state index contributed by atoms with van der Waals surface area (Å²) in [5.74, 6) is 1.81. The minimum absolute atomic E-state index is 0.0222. The maximum absolute atomic E-state index is 12.8. The third-order valence-electron chi connectivity index (χ3n) is 9.66. The first-order chi connectivity index (χ1) is 24.0. The first kappa shape index (κ1) is 34.1. The highest BCUT2D eigenvalue weighted by Gasteiger charge is 2.44. The zero-order valence-electron chi connectivity index (χ0n) is 27.4. The maximum Gasteiger partial charge on any atom is 0.347 e. The number of hydrogen-bond acceptors (Lipinski definition) is 12. The molecule has 3 saturated heterocycles. The number of benzene rings is 1. The molecule has 5 heterocycles. The molecule has 3 amide bonds. The number of amides is 3. The van der Waals surface area contributed by atoms with E-state index in [9.17, 15) is 19.2 Å². The van der Waals surface area contributed by atoms with Crippen molar-refractivity contribution in [2.45, 2.75) is 74.5 Å². The van der Waals surface area contributed by atoms with Gasteiger partial charge in [-0.15, -0.1) is 0 Å². The van der Waals surface area contributed by atoms with E-state index < -0.39 is 11.9 Å². The van der Waals surface area contributed by atoms with Crippen LogP contribution in [-0.4, -0.2) is 106 Å². The Morgan fingerprint density at radius 1 is 0.980 bits per heavy atom. The summed E-state index contributed by atoms with van der Waals surface area (Å²) in [5.41, 5.74) is 1.43. The van der Waals surface area contributed by atoms with Gasteiger partial charge in [0.1, 0.15) is 29.3 Å². The third kappa shape index (κ3) is 7.55. The Morgan fingerprint density at radius 3 is 2.61 bits per heavy atom. The molecule has 7 rings (SSSR count). The number of Topliss-reactive ketones (excluding diaryl/α,β-unsaturated/α-hetero) is 1. The first-order valence-electron chi connectivity index (χ1n) is 17.3. The van der Waals surface area contributed by atoms with Crippen LogP contribution in [0.5, 0.6) is 11.5 Å². The van der Waals surface area contributed by atoms with E-state index in [1.165, 1.54) is 0 Å². The largest absolute Gasteiger partial charge is 0.490 e. The van der Waals surface area contributed by atoms with Gasteiger partial charge in [-0.2, -0.15) is 11.8 Å². The van der Waals surface area contributed by atoms with Crippen LogP contribution in [0.25, 0.3) is 11.0 Å². The number of hydrogen-bond donors (Lipinski definition) is 3. The molecule has 0 radical (unpaired) electrons. The minimum atomic E-state index is -0.609. The number of thioether (sulfide) groups is 1. The van der Waals surface area contributed by atoms with Gasteiger partial charge in [-0.25, -0.2) is 9.59 Å². The molecule has 5 aliphatic rings. The molecule has 4 aliphatic heterocycles. The standard InChI is InChI=1S/C34H43N3O11S/c38-22-6-5-19-27(22)32(40)48-31-28(19)23(17-24-29(31)20-7-9-46-33(20)47-24)45-16-15-44-14-13-43-12-11-42-10-8-35-26(39)4-2-1-3-25-30-21(18-49-25)36-34(41)37-30/h17,20-21,25,30,33H,1-16,18H2,(H,35,39)(H2,36,37,41)/t20-,21?,25-,30?,33+/m0/s1. The van der Waals surface area contributed by atoms with Crippen LogP contribution >= 0.6 is 11.8 Å². The van der Waals surface area contributed by atoms with Crippen molar-refractivity contribution >= 4 is 40.5 Å². The van der Waals surface area contributed by atoms with Crippen LogP contribution in [0.2, 0.25) is 0 Å². The lowest BCUT2D eigenvalue weighted by Gasteiger charge is -2.16. The van der Waals surface area contributed by atoms with E-state index in [0.717, 1.165) is 37.0 Å². The fourth-order valence-electron chi connectivity index (χ4n) is 7.33. The van der Waals surface area contributed by atoms with Crippen molar-refractivity contribution in [1.29, 1.82) is 0 Å². The zero-order valence-corrected chi connectivity index (χ0v) is 28.2. The van der Waals surface area contributed by atoms with Crippen LogP contribution in [0.4, 0.5) is 4.79 Å². The van der Waals surface area contributed by atoms with E-state index in [0.29, 0.717) is 98.9 Å². The Kier molecular flexibility index (Phi) is 10.9. The zero-order chi connectivity index (χ0) is 33.7. The van der Waals surface area contributed by atoms with Crippen molar-refractivity contribution in [2.24, 2.45) is 0 Å². The number of ketones is 1. The number of urea groups is 1. The summed E-state index contributed by atoms with van der Waals surface area (Å²) in [4.78, 5) is 48.8. The van der Waals surface area contributed by atoms with E-state index in [2.05, 4.69) is 16.0 Å². The molecule has 1 aliphatic carbocycles. The molecule has 0 spiro atoms. The number of carbonyl (C=O) groups is 3. The molecule has 1 aromatic heterocycles. The molecule has 0 bridgehead atoms. The number of fused-ring (bicyclic) bond motifs is 8. The van der Waals surface area contributed by atoms with E-state index in [4.69, 9.17) is 32.8 Å². The molecular formula is C34H43N3O11S. The molecule has 3 N–H and O–H groups in total. The van der Waals surface area contributed by atoms with Gasteiger partial charge in [-0.1, -0.05) is 6.42 Å². The van der Waals surface area contributed by atoms with Crippen molar-refractivity contribution in [3.63, 3.8) is 0 Å². The highest BCUT2D eigenvalue weighted by Crippen LogP contribution is 2.51. The van der Waals surface area contributed by atoms with E-state index >= 15 is 0 Å². The van der Waals surface area contributed by atoms with E-state index in [1.54, 1.807) is 6.07 Å². The number of unbranched alkanes of at least 4 members (excludes halogenated alkanes) is 1. The highest BCUT2D eigenvalue weighted by atomic mass is 32.2. The lowest BCUT2D eigenvalue weighted by molar-refractivity contribution is -0.121. The molecule has 266 valence electrons. The van der Waals surface area contributed by atoms with Crippen molar-refractivity contribution in [1.82, 2.24) is 16.0 Å². The predicted molar refractivity (Wildman–Crippen MR) is 178 cm³/mol. The summed E-state index contributed by atoms with van der Waals surface area (Å²) < 4.78 is 40.4. The van der Waals surface area contributed by atoms with Gasteiger partial charge < -0.3 is 48.8 Å². The molecule has 49 heavy (non-hydrogen) atoms. The Labute approximate surface area is 287 Å². The first-order valence-corrected chi connectivity index (χ1v) is 18.3. The normalized spacial score (nSPS) is 24.7. The second-order valence-electron chi connectivity index (χ2n) is 12.8. The summed E-state index contributed by atoms with van der Waals surface area (Å²) in [7, 11) is 0. The number of nitrogens with one attached hydrogen (secondary N) is 3. The fraction of sp³-hybridized carbons (Fsp3) is 0.647. The van der Waals surface area contributed by atoms with Crippen LogP contribution in [0.15, 0.2) is 15.3 Å². The molecule has 15 heteroatoms. The second kappa shape index (κ2) is 15.7. The number of carbonyl (C=O) groups excluding carboxylic acids is 3. The smallest absolute Gasteiger partial charge is 0.347 e. The van der Waals surface area contributed by atoms with Gasteiger partial charge in [0.05, 0.1) is 69.6 Å². The van der Waals surface area contributed by atoms with Gasteiger partial charge in [0, 0.05) is 42.0 Å². The molecule has 0 saturated carbocycles. The molecule has 14 nitrogen and oxygen atoms in total. The third-order valence-corrected chi connectivity index (χ3v) is 11.2. The van der Waals surface area contributed by atoms with Gasteiger partial charge >= 0.3 is 11.7 Å². The Hall–Kier alpha value is -3.37. The van der Waals surface area contributed by atoms with Crippen LogP contribution < -0.4 is 31.0 Å². The number of rotatable bonds is 18. The van der Waals surface area contributed by atoms with E-state index in [1.807, 2.05) is 11.8 Å². The average Bonchev–Trinajstić information content (AvgIpc) is 3.90. The van der Waals surface area contributed by atoms with Crippen molar-refractivity contribution in [3.05, 3.63) is 33.2 Å². The Balaban J connectivity index is 0.740. The average molecular weight is 702 g/mol. The van der Waals surface area contributed by atoms with Crippen LogP contribution in [0.1, 0.15) is 65.9 Å². The number of ether oxygens (including phenoxy) is 6. The van der Waals surface area contributed by atoms with Gasteiger partial charge in [-0.3, -0.25) is 9.59 Å². The molecule has 2 unspecified atom stereocenters. The summed E-state index contributed by atoms with van der Waals surface area (Å²) in [6.07, 6.45) is 4.35. The maximum atomic E-state index is 12.8. The van der Waals surface area contributed by atoms with Gasteiger partial charge in [-0.05, 0) is 31.2 Å². The Bertz CT molecular complexity index is 1620. The highest BCUT2D eigenvalue weighted by molar-refractivity contribution is 8.00. The second-order valence-corrected chi connectivity index (χ2v) is 14.1. The van der Waals surface area contributed by atoms with Crippen molar-refractivity contribution in [3.8, 4) is 11.5 Å². The number of aryl methyl sites for hydroxylation is 1. The van der Waals surface area contributed by atoms with Crippen LogP contribution in [0, 0.1) is 0 Å². The van der Waals surface area contributed by atoms with Crippen LogP contribution in [0.3, 0.4) is 0 Å². The van der Waals surface area contributed by atoms with Gasteiger partial charge in [0.2, 0.25) is 12.2 Å². The summed E-state index contributed by atoms with van der Waals surface area (Å²) >= 11 is 1.89. The van der Waals surface area contributed by atoms with E-state index in [-0.39, 0.29) is 54.3 Å². The molecule has 1 aromatic carbocycles. The summed E-state index contributed by atoms with van der Waals surface area (Å²) in [6.45, 7) is 3.57. The molecule has 2 aromatic rings. The molecule has 3 fully saturated rings.